The first-order valence-corrected chi connectivity index (χ1v) is 7.26. The van der Waals surface area contributed by atoms with E-state index >= 15 is 0 Å². The molecule has 0 amide bonds. The second-order valence-electron chi connectivity index (χ2n) is 5.11. The first kappa shape index (κ1) is 14.8. The van der Waals surface area contributed by atoms with Gasteiger partial charge in [0.05, 0.1) is 17.5 Å². The Labute approximate surface area is 120 Å². The molecule has 5 nitrogen and oxygen atoms in total. The lowest BCUT2D eigenvalue weighted by Gasteiger charge is -2.23. The van der Waals surface area contributed by atoms with Crippen LogP contribution in [0.1, 0.15) is 26.7 Å². The SMILES string of the molecule is CCC(CC)C(O)CNc1cc2c(cc1N)OCCO2. The predicted molar refractivity (Wildman–Crippen MR) is 80.4 cm³/mol. The number of hydrogen-bond acceptors (Lipinski definition) is 5. The van der Waals surface area contributed by atoms with Gasteiger partial charge in [-0.3, -0.25) is 0 Å². The van der Waals surface area contributed by atoms with Crippen LogP contribution in [0, 0.1) is 5.92 Å². The Balaban J connectivity index is 2.02. The molecule has 2 rings (SSSR count). The second kappa shape index (κ2) is 6.70. The Morgan fingerprint density at radius 3 is 2.40 bits per heavy atom. The summed E-state index contributed by atoms with van der Waals surface area (Å²) in [7, 11) is 0. The molecule has 0 fully saturated rings. The molecule has 1 unspecified atom stereocenters. The summed E-state index contributed by atoms with van der Waals surface area (Å²) in [5.74, 6) is 1.69. The maximum absolute atomic E-state index is 10.1. The first-order valence-electron chi connectivity index (χ1n) is 7.26. The molecule has 4 N–H and O–H groups in total. The molecule has 0 bridgehead atoms. The van der Waals surface area contributed by atoms with Gasteiger partial charge in [0.25, 0.3) is 0 Å². The molecule has 1 heterocycles. The number of ether oxygens (including phenoxy) is 2. The topological polar surface area (TPSA) is 76.7 Å². The predicted octanol–water partition coefficient (Wildman–Crippen LogP) is 2.25. The smallest absolute Gasteiger partial charge is 0.163 e. The van der Waals surface area contributed by atoms with E-state index in [1.54, 1.807) is 6.07 Å². The first-order chi connectivity index (χ1) is 9.65. The Morgan fingerprint density at radius 1 is 1.20 bits per heavy atom. The third kappa shape index (κ3) is 3.28. The average Bonchev–Trinajstić information content (AvgIpc) is 2.46. The minimum Gasteiger partial charge on any atom is -0.486 e. The second-order valence-corrected chi connectivity index (χ2v) is 5.11. The molecule has 1 aromatic carbocycles. The number of nitrogens with two attached hydrogens (primary N) is 1. The number of nitrogens with one attached hydrogen (secondary N) is 1. The van der Waals surface area contributed by atoms with Crippen LogP contribution >= 0.6 is 0 Å². The fourth-order valence-electron chi connectivity index (χ4n) is 2.47. The summed E-state index contributed by atoms with van der Waals surface area (Å²) in [5, 5.41) is 13.3. The van der Waals surface area contributed by atoms with Crippen LogP contribution in [-0.4, -0.2) is 31.0 Å². The summed E-state index contributed by atoms with van der Waals surface area (Å²) in [6.45, 7) is 5.77. The van der Waals surface area contributed by atoms with Crippen molar-refractivity contribution in [1.29, 1.82) is 0 Å². The molecular formula is C15H24N2O3. The van der Waals surface area contributed by atoms with E-state index in [4.69, 9.17) is 15.2 Å². The molecule has 5 heteroatoms. The number of benzene rings is 1. The number of hydrogen-bond donors (Lipinski definition) is 3. The highest BCUT2D eigenvalue weighted by Gasteiger charge is 2.18. The summed E-state index contributed by atoms with van der Waals surface area (Å²) in [6.07, 6.45) is 1.56. The molecular weight excluding hydrogens is 256 g/mol. The monoisotopic (exact) mass is 280 g/mol. The van der Waals surface area contributed by atoms with Crippen molar-refractivity contribution in [3.8, 4) is 11.5 Å². The zero-order valence-corrected chi connectivity index (χ0v) is 12.2. The molecule has 0 aromatic heterocycles. The van der Waals surface area contributed by atoms with E-state index in [1.165, 1.54) is 0 Å². The number of aliphatic hydroxyl groups is 1. The van der Waals surface area contributed by atoms with Gasteiger partial charge >= 0.3 is 0 Å². The van der Waals surface area contributed by atoms with Crippen LogP contribution in [0.4, 0.5) is 11.4 Å². The largest absolute Gasteiger partial charge is 0.486 e. The number of nitrogen functional groups attached to an aromatic ring is 1. The van der Waals surface area contributed by atoms with Crippen LogP contribution in [0.3, 0.4) is 0 Å². The fourth-order valence-corrected chi connectivity index (χ4v) is 2.47. The van der Waals surface area contributed by atoms with Gasteiger partial charge in [-0.25, -0.2) is 0 Å². The van der Waals surface area contributed by atoms with Gasteiger partial charge in [-0.1, -0.05) is 26.7 Å². The van der Waals surface area contributed by atoms with E-state index < -0.39 is 0 Å². The number of rotatable bonds is 6. The van der Waals surface area contributed by atoms with E-state index in [1.807, 2.05) is 6.07 Å². The lowest BCUT2D eigenvalue weighted by molar-refractivity contribution is 0.114. The zero-order valence-electron chi connectivity index (χ0n) is 12.2. The van der Waals surface area contributed by atoms with Crippen molar-refractivity contribution in [3.63, 3.8) is 0 Å². The van der Waals surface area contributed by atoms with Crippen LogP contribution in [0.2, 0.25) is 0 Å². The van der Waals surface area contributed by atoms with E-state index in [-0.39, 0.29) is 6.10 Å². The van der Waals surface area contributed by atoms with Crippen LogP contribution in [0.15, 0.2) is 12.1 Å². The molecule has 0 radical (unpaired) electrons. The van der Waals surface area contributed by atoms with Crippen LogP contribution in [-0.2, 0) is 0 Å². The average molecular weight is 280 g/mol. The molecule has 1 aliphatic rings. The molecule has 0 spiro atoms. The molecule has 1 aromatic rings. The lowest BCUT2D eigenvalue weighted by Crippen LogP contribution is -2.28. The van der Waals surface area contributed by atoms with Gasteiger partial charge < -0.3 is 25.6 Å². The molecule has 20 heavy (non-hydrogen) atoms. The third-order valence-electron chi connectivity index (χ3n) is 3.81. The van der Waals surface area contributed by atoms with Crippen LogP contribution in [0.25, 0.3) is 0 Å². The Hall–Kier alpha value is -1.62. The number of anilines is 2. The summed E-state index contributed by atoms with van der Waals surface area (Å²) in [5.41, 5.74) is 7.37. The van der Waals surface area contributed by atoms with Crippen molar-refractivity contribution < 1.29 is 14.6 Å². The van der Waals surface area contributed by atoms with Crippen LogP contribution in [0.5, 0.6) is 11.5 Å². The zero-order chi connectivity index (χ0) is 14.5. The van der Waals surface area contributed by atoms with Gasteiger partial charge in [0, 0.05) is 18.7 Å². The van der Waals surface area contributed by atoms with Crippen molar-refractivity contribution >= 4 is 11.4 Å². The maximum Gasteiger partial charge on any atom is 0.163 e. The summed E-state index contributed by atoms with van der Waals surface area (Å²) in [6, 6.07) is 3.60. The highest BCUT2D eigenvalue weighted by atomic mass is 16.6. The molecule has 1 atom stereocenters. The van der Waals surface area contributed by atoms with Gasteiger partial charge in [-0.15, -0.1) is 0 Å². The molecule has 112 valence electrons. The summed E-state index contributed by atoms with van der Waals surface area (Å²) >= 11 is 0. The highest BCUT2D eigenvalue weighted by Crippen LogP contribution is 2.37. The van der Waals surface area contributed by atoms with Gasteiger partial charge in [-0.05, 0) is 5.92 Å². The van der Waals surface area contributed by atoms with Crippen LogP contribution < -0.4 is 20.5 Å². The van der Waals surface area contributed by atoms with E-state index in [2.05, 4.69) is 19.2 Å². The lowest BCUT2D eigenvalue weighted by atomic mass is 9.96. The molecule has 0 saturated carbocycles. The highest BCUT2D eigenvalue weighted by molar-refractivity contribution is 5.72. The number of fused-ring (bicyclic) bond motifs is 1. The van der Waals surface area contributed by atoms with E-state index in [0.29, 0.717) is 42.9 Å². The molecule has 1 aliphatic heterocycles. The Bertz CT molecular complexity index is 447. The van der Waals surface area contributed by atoms with Crippen molar-refractivity contribution in [1.82, 2.24) is 0 Å². The van der Waals surface area contributed by atoms with E-state index in [9.17, 15) is 5.11 Å². The molecule has 0 aliphatic carbocycles. The quantitative estimate of drug-likeness (QED) is 0.697. The van der Waals surface area contributed by atoms with Gasteiger partial charge in [0.1, 0.15) is 13.2 Å². The standard InChI is InChI=1S/C15H24N2O3/c1-3-10(4-2)13(18)9-17-12-8-15-14(7-11(12)16)19-5-6-20-15/h7-8,10,13,17-18H,3-6,9,16H2,1-2H3. The van der Waals surface area contributed by atoms with Crippen molar-refractivity contribution in [2.45, 2.75) is 32.8 Å². The van der Waals surface area contributed by atoms with Crippen molar-refractivity contribution in [2.24, 2.45) is 5.92 Å². The Kier molecular flexibility index (Phi) is 4.95. The third-order valence-corrected chi connectivity index (χ3v) is 3.81. The van der Waals surface area contributed by atoms with E-state index in [0.717, 1.165) is 18.5 Å². The van der Waals surface area contributed by atoms with Gasteiger partial charge in [0.2, 0.25) is 0 Å². The minimum absolute atomic E-state index is 0.306. The maximum atomic E-state index is 10.1. The number of aliphatic hydroxyl groups excluding tert-OH is 1. The molecule has 0 saturated heterocycles. The minimum atomic E-state index is -0.377. The van der Waals surface area contributed by atoms with Gasteiger partial charge in [-0.2, -0.15) is 0 Å². The van der Waals surface area contributed by atoms with Crippen molar-refractivity contribution in [3.05, 3.63) is 12.1 Å². The normalized spacial score (nSPS) is 15.2. The summed E-state index contributed by atoms with van der Waals surface area (Å²) in [4.78, 5) is 0. The fraction of sp³-hybridized carbons (Fsp3) is 0.600. The van der Waals surface area contributed by atoms with Gasteiger partial charge in [0.15, 0.2) is 11.5 Å². The summed E-state index contributed by atoms with van der Waals surface area (Å²) < 4.78 is 11.0. The van der Waals surface area contributed by atoms with Crippen molar-refractivity contribution in [2.75, 3.05) is 30.8 Å². The Morgan fingerprint density at radius 2 is 1.80 bits per heavy atom.